The second-order valence-corrected chi connectivity index (χ2v) is 5.29. The Labute approximate surface area is 105 Å². The second kappa shape index (κ2) is 6.02. The Kier molecular flexibility index (Phi) is 4.68. The van der Waals surface area contributed by atoms with Gasteiger partial charge in [-0.25, -0.2) is 8.42 Å². The molecular weight excluding hydrogens is 256 g/mol. The lowest BCUT2D eigenvalue weighted by Crippen LogP contribution is -2.16. The Morgan fingerprint density at radius 3 is 2.67 bits per heavy atom. The molecule has 0 aliphatic heterocycles. The minimum absolute atomic E-state index is 0.0863. The number of aryl methyl sites for hydroxylation is 1. The summed E-state index contributed by atoms with van der Waals surface area (Å²) in [5.74, 6) is -1.59. The van der Waals surface area contributed by atoms with E-state index in [1.165, 1.54) is 6.07 Å². The molecule has 1 rings (SSSR count). The third-order valence-corrected chi connectivity index (χ3v) is 3.19. The zero-order chi connectivity index (χ0) is 13.6. The predicted octanol–water partition coefficient (Wildman–Crippen LogP) is 0.969. The molecule has 1 aromatic carbocycles. The van der Waals surface area contributed by atoms with Crippen molar-refractivity contribution in [2.75, 3.05) is 10.5 Å². The fourth-order valence-corrected chi connectivity index (χ4v) is 2.14. The molecule has 2 N–H and O–H groups in total. The molecule has 0 fully saturated rings. The molecule has 18 heavy (non-hydrogen) atoms. The van der Waals surface area contributed by atoms with Gasteiger partial charge in [0.15, 0.2) is 5.75 Å². The Balaban J connectivity index is 2.89. The molecule has 0 saturated heterocycles. The summed E-state index contributed by atoms with van der Waals surface area (Å²) >= 11 is 0. The van der Waals surface area contributed by atoms with Gasteiger partial charge in [-0.15, -0.1) is 0 Å². The van der Waals surface area contributed by atoms with E-state index >= 15 is 0 Å². The number of sulfonamides is 1. The fourth-order valence-electron chi connectivity index (χ4n) is 1.37. The Morgan fingerprint density at radius 2 is 2.06 bits per heavy atom. The fraction of sp³-hybridized carbons (Fsp3) is 0.273. The molecule has 0 atom stereocenters. The SMILES string of the molecule is N#CCS(=O)(=O)Nc1ccccc1CCC(=O)O. The normalized spacial score (nSPS) is 10.6. The largest absolute Gasteiger partial charge is 0.481 e. The third kappa shape index (κ3) is 4.43. The van der Waals surface area contributed by atoms with Crippen molar-refractivity contribution in [3.63, 3.8) is 0 Å². The van der Waals surface area contributed by atoms with Crippen molar-refractivity contribution in [3.8, 4) is 6.07 Å². The highest BCUT2D eigenvalue weighted by Gasteiger charge is 2.12. The first-order valence-corrected chi connectivity index (χ1v) is 6.77. The molecule has 0 radical (unpaired) electrons. The van der Waals surface area contributed by atoms with Gasteiger partial charge in [-0.1, -0.05) is 18.2 Å². The number of para-hydroxylation sites is 1. The van der Waals surface area contributed by atoms with E-state index in [2.05, 4.69) is 4.72 Å². The van der Waals surface area contributed by atoms with Crippen molar-refractivity contribution < 1.29 is 18.3 Å². The molecule has 0 bridgehead atoms. The van der Waals surface area contributed by atoms with Gasteiger partial charge in [-0.3, -0.25) is 9.52 Å². The highest BCUT2D eigenvalue weighted by atomic mass is 32.2. The summed E-state index contributed by atoms with van der Waals surface area (Å²) in [6.07, 6.45) is 0.136. The molecule has 0 amide bonds. The molecule has 7 heteroatoms. The van der Waals surface area contributed by atoms with Crippen molar-refractivity contribution in [2.24, 2.45) is 0 Å². The van der Waals surface area contributed by atoms with Crippen molar-refractivity contribution in [3.05, 3.63) is 29.8 Å². The number of nitrogens with zero attached hydrogens (tertiary/aromatic N) is 1. The first-order chi connectivity index (χ1) is 8.44. The summed E-state index contributed by atoms with van der Waals surface area (Å²) in [4.78, 5) is 10.5. The summed E-state index contributed by atoms with van der Waals surface area (Å²) in [5.41, 5.74) is 0.899. The molecule has 0 heterocycles. The Hall–Kier alpha value is -2.07. The monoisotopic (exact) mass is 268 g/mol. The summed E-state index contributed by atoms with van der Waals surface area (Å²) in [7, 11) is -3.70. The molecule has 0 aliphatic carbocycles. The lowest BCUT2D eigenvalue weighted by atomic mass is 10.1. The highest BCUT2D eigenvalue weighted by Crippen LogP contribution is 2.18. The van der Waals surface area contributed by atoms with Gasteiger partial charge >= 0.3 is 5.97 Å². The van der Waals surface area contributed by atoms with Crippen LogP contribution in [-0.2, 0) is 21.2 Å². The van der Waals surface area contributed by atoms with E-state index in [0.717, 1.165) is 0 Å². The predicted molar refractivity (Wildman–Crippen MR) is 65.4 cm³/mol. The maximum Gasteiger partial charge on any atom is 0.303 e. The van der Waals surface area contributed by atoms with Crippen LogP contribution >= 0.6 is 0 Å². The van der Waals surface area contributed by atoms with Crippen LogP contribution in [0.15, 0.2) is 24.3 Å². The van der Waals surface area contributed by atoms with Crippen molar-refractivity contribution >= 4 is 21.7 Å². The number of hydrogen-bond acceptors (Lipinski definition) is 4. The van der Waals surface area contributed by atoms with Crippen molar-refractivity contribution in [2.45, 2.75) is 12.8 Å². The zero-order valence-electron chi connectivity index (χ0n) is 9.46. The molecule has 0 saturated carbocycles. The topological polar surface area (TPSA) is 107 Å². The lowest BCUT2D eigenvalue weighted by Gasteiger charge is -2.10. The van der Waals surface area contributed by atoms with E-state index in [0.29, 0.717) is 11.3 Å². The van der Waals surface area contributed by atoms with Gasteiger partial charge in [0, 0.05) is 6.42 Å². The van der Waals surface area contributed by atoms with Crippen LogP contribution in [0.2, 0.25) is 0 Å². The van der Waals surface area contributed by atoms with Gasteiger partial charge in [-0.05, 0) is 18.1 Å². The molecule has 0 spiro atoms. The quantitative estimate of drug-likeness (QED) is 0.799. The van der Waals surface area contributed by atoms with E-state index < -0.39 is 21.7 Å². The Morgan fingerprint density at radius 1 is 1.39 bits per heavy atom. The second-order valence-electron chi connectivity index (χ2n) is 3.57. The average molecular weight is 268 g/mol. The first-order valence-electron chi connectivity index (χ1n) is 5.12. The van der Waals surface area contributed by atoms with Crippen LogP contribution in [0.4, 0.5) is 5.69 Å². The van der Waals surface area contributed by atoms with Crippen LogP contribution < -0.4 is 4.72 Å². The van der Waals surface area contributed by atoms with Gasteiger partial charge in [0.2, 0.25) is 10.0 Å². The van der Waals surface area contributed by atoms with Crippen LogP contribution in [0, 0.1) is 11.3 Å². The van der Waals surface area contributed by atoms with Gasteiger partial charge in [0.1, 0.15) is 0 Å². The van der Waals surface area contributed by atoms with Crippen molar-refractivity contribution in [1.82, 2.24) is 0 Å². The summed E-state index contributed by atoms with van der Waals surface area (Å²) in [6, 6.07) is 8.06. The van der Waals surface area contributed by atoms with Crippen LogP contribution in [-0.4, -0.2) is 25.2 Å². The molecule has 6 nitrogen and oxygen atoms in total. The summed E-state index contributed by atoms with van der Waals surface area (Å²) in [6.45, 7) is 0. The van der Waals surface area contributed by atoms with Gasteiger partial charge in [-0.2, -0.15) is 5.26 Å². The van der Waals surface area contributed by atoms with E-state index in [9.17, 15) is 13.2 Å². The van der Waals surface area contributed by atoms with Crippen LogP contribution in [0.5, 0.6) is 0 Å². The number of anilines is 1. The summed E-state index contributed by atoms with van der Waals surface area (Å²) < 4.78 is 25.1. The maximum atomic E-state index is 11.4. The summed E-state index contributed by atoms with van der Waals surface area (Å²) in [5, 5.41) is 17.0. The van der Waals surface area contributed by atoms with Gasteiger partial charge in [0.25, 0.3) is 0 Å². The van der Waals surface area contributed by atoms with Crippen LogP contribution in [0.1, 0.15) is 12.0 Å². The number of hydrogen-bond donors (Lipinski definition) is 2. The van der Waals surface area contributed by atoms with E-state index in [4.69, 9.17) is 10.4 Å². The molecule has 0 aliphatic rings. The van der Waals surface area contributed by atoms with Crippen LogP contribution in [0.3, 0.4) is 0 Å². The minimum Gasteiger partial charge on any atom is -0.481 e. The molecule has 1 aromatic rings. The van der Waals surface area contributed by atoms with E-state index in [1.807, 2.05) is 0 Å². The molecule has 96 valence electrons. The Bertz CT molecular complexity index is 575. The van der Waals surface area contributed by atoms with Gasteiger partial charge in [0.05, 0.1) is 11.8 Å². The average Bonchev–Trinajstić information content (AvgIpc) is 2.27. The van der Waals surface area contributed by atoms with Crippen LogP contribution in [0.25, 0.3) is 0 Å². The number of carbonyl (C=O) groups is 1. The maximum absolute atomic E-state index is 11.4. The number of carboxylic acids is 1. The number of benzene rings is 1. The highest BCUT2D eigenvalue weighted by molar-refractivity contribution is 7.92. The lowest BCUT2D eigenvalue weighted by molar-refractivity contribution is -0.136. The molecule has 0 unspecified atom stereocenters. The minimum atomic E-state index is -3.70. The number of nitriles is 1. The molecule has 0 aromatic heterocycles. The van der Waals surface area contributed by atoms with E-state index in [1.54, 1.807) is 24.3 Å². The van der Waals surface area contributed by atoms with Crippen molar-refractivity contribution in [1.29, 1.82) is 5.26 Å². The number of aliphatic carboxylic acids is 1. The third-order valence-electron chi connectivity index (χ3n) is 2.15. The first kappa shape index (κ1) is 14.0. The standard InChI is InChI=1S/C11H12N2O4S/c12-7-8-18(16,17)13-10-4-2-1-3-9(10)5-6-11(14)15/h1-4,13H,5-6,8H2,(H,14,15). The van der Waals surface area contributed by atoms with E-state index in [-0.39, 0.29) is 12.8 Å². The van der Waals surface area contributed by atoms with Gasteiger partial charge < -0.3 is 5.11 Å². The molecular formula is C11H12N2O4S. The zero-order valence-corrected chi connectivity index (χ0v) is 10.3. The smallest absolute Gasteiger partial charge is 0.303 e. The number of nitrogens with one attached hydrogen (secondary N) is 1. The number of rotatable bonds is 6. The number of carboxylic acid groups (broad SMARTS) is 1.